The van der Waals surface area contributed by atoms with Gasteiger partial charge in [-0.3, -0.25) is 9.00 Å². The number of nitrogens with one attached hydrogen (secondary N) is 1. The average molecular weight is 234 g/mol. The van der Waals surface area contributed by atoms with Gasteiger partial charge < -0.3 is 11.1 Å². The molecule has 3 N–H and O–H groups in total. The molecule has 0 saturated carbocycles. The highest BCUT2D eigenvalue weighted by atomic mass is 32.2. The van der Waals surface area contributed by atoms with E-state index in [2.05, 4.69) is 12.2 Å². The van der Waals surface area contributed by atoms with Gasteiger partial charge in [0, 0.05) is 28.6 Å². The van der Waals surface area contributed by atoms with Crippen molar-refractivity contribution in [3.63, 3.8) is 0 Å². The molecule has 0 saturated heterocycles. The van der Waals surface area contributed by atoms with Gasteiger partial charge in [-0.15, -0.1) is 0 Å². The highest BCUT2D eigenvalue weighted by Crippen LogP contribution is 1.99. The first kappa shape index (κ1) is 14.6. The molecule has 0 fully saturated rings. The molecular weight excluding hydrogens is 212 g/mol. The maximum absolute atomic E-state index is 11.5. The first-order chi connectivity index (χ1) is 6.85. The molecule has 0 radical (unpaired) electrons. The summed E-state index contributed by atoms with van der Waals surface area (Å²) in [6.45, 7) is 6.33. The monoisotopic (exact) mass is 234 g/mol. The molecule has 0 aromatic carbocycles. The van der Waals surface area contributed by atoms with Crippen molar-refractivity contribution in [2.75, 3.05) is 18.1 Å². The summed E-state index contributed by atoms with van der Waals surface area (Å²) in [7, 11) is -1.16. The Hall–Kier alpha value is -0.420. The first-order valence-corrected chi connectivity index (χ1v) is 6.74. The molecule has 0 bridgehead atoms. The minimum Gasteiger partial charge on any atom is -0.355 e. The topological polar surface area (TPSA) is 72.2 Å². The molecule has 1 amide bonds. The van der Waals surface area contributed by atoms with Crippen molar-refractivity contribution in [2.24, 2.45) is 5.73 Å². The van der Waals surface area contributed by atoms with Crippen LogP contribution in [0.5, 0.6) is 0 Å². The fourth-order valence-corrected chi connectivity index (χ4v) is 2.39. The van der Waals surface area contributed by atoms with Crippen LogP contribution in [0, 0.1) is 0 Å². The van der Waals surface area contributed by atoms with Crippen LogP contribution in [0.1, 0.15) is 33.6 Å². The molecule has 0 aromatic heterocycles. The number of unbranched alkanes of at least 4 members (excludes halogenated alkanes) is 1. The lowest BCUT2D eigenvalue weighted by Crippen LogP contribution is -2.40. The lowest BCUT2D eigenvalue weighted by molar-refractivity contribution is -0.118. The first-order valence-electron chi connectivity index (χ1n) is 5.25. The van der Waals surface area contributed by atoms with Crippen molar-refractivity contribution >= 4 is 16.7 Å². The Kier molecular flexibility index (Phi) is 6.76. The summed E-state index contributed by atoms with van der Waals surface area (Å²) >= 11 is 0. The third kappa shape index (κ3) is 9.87. The fourth-order valence-electron chi connectivity index (χ4n) is 1.07. The van der Waals surface area contributed by atoms with Gasteiger partial charge in [-0.25, -0.2) is 0 Å². The maximum atomic E-state index is 11.5. The molecule has 0 aliphatic carbocycles. The summed E-state index contributed by atoms with van der Waals surface area (Å²) in [5.74, 6) is 0.268. The van der Waals surface area contributed by atoms with Gasteiger partial charge in [0.2, 0.25) is 5.91 Å². The Morgan fingerprint density at radius 3 is 2.53 bits per heavy atom. The van der Waals surface area contributed by atoms with E-state index in [9.17, 15) is 9.00 Å². The molecule has 0 spiro atoms. The third-order valence-corrected chi connectivity index (χ3v) is 3.33. The molecule has 0 heterocycles. The largest absolute Gasteiger partial charge is 0.355 e. The second-order valence-electron chi connectivity index (χ2n) is 4.42. The number of carbonyl (C=O) groups excluding carboxylic acids is 1. The van der Waals surface area contributed by atoms with Crippen LogP contribution in [0.25, 0.3) is 0 Å². The van der Waals surface area contributed by atoms with E-state index in [0.717, 1.165) is 12.8 Å². The molecule has 4 nitrogen and oxygen atoms in total. The molecule has 1 atom stereocenters. The lowest BCUT2D eigenvalue weighted by Gasteiger charge is -2.17. The van der Waals surface area contributed by atoms with E-state index in [1.54, 1.807) is 13.8 Å². The molecule has 0 aliphatic rings. The van der Waals surface area contributed by atoms with Crippen molar-refractivity contribution in [1.82, 2.24) is 5.32 Å². The van der Waals surface area contributed by atoms with E-state index >= 15 is 0 Å². The molecular formula is C10H22N2O2S. The Labute approximate surface area is 94.4 Å². The van der Waals surface area contributed by atoms with E-state index in [-0.39, 0.29) is 11.7 Å². The van der Waals surface area contributed by atoms with Gasteiger partial charge in [-0.2, -0.15) is 0 Å². The Morgan fingerprint density at radius 1 is 1.47 bits per heavy atom. The number of hydrogen-bond donors (Lipinski definition) is 2. The van der Waals surface area contributed by atoms with E-state index in [1.165, 1.54) is 0 Å². The van der Waals surface area contributed by atoms with Crippen molar-refractivity contribution in [1.29, 1.82) is 0 Å². The summed E-state index contributed by atoms with van der Waals surface area (Å²) in [5.41, 5.74) is 5.23. The van der Waals surface area contributed by atoms with Crippen LogP contribution in [0.4, 0.5) is 0 Å². The van der Waals surface area contributed by atoms with Crippen molar-refractivity contribution in [3.8, 4) is 0 Å². The number of nitrogens with two attached hydrogens (primary N) is 1. The normalized spacial score (nSPS) is 13.6. The predicted octanol–water partition coefficient (Wildman–Crippen LogP) is 0.389. The smallest absolute Gasteiger partial charge is 0.232 e. The second-order valence-corrected chi connectivity index (χ2v) is 5.88. The quantitative estimate of drug-likeness (QED) is 0.626. The second kappa shape index (κ2) is 6.95. The van der Waals surface area contributed by atoms with Crippen LogP contribution < -0.4 is 11.1 Å². The molecule has 0 aliphatic heterocycles. The SMILES string of the molecule is CCCCNC(=O)CS(=O)CC(C)(C)N. The Morgan fingerprint density at radius 2 is 2.07 bits per heavy atom. The summed E-state index contributed by atoms with van der Waals surface area (Å²) in [6, 6.07) is 0. The van der Waals surface area contributed by atoms with Crippen LogP contribution in [0.3, 0.4) is 0 Å². The highest BCUT2D eigenvalue weighted by Gasteiger charge is 2.17. The van der Waals surface area contributed by atoms with Crippen LogP contribution in [-0.4, -0.2) is 33.7 Å². The van der Waals surface area contributed by atoms with Gasteiger partial charge in [0.15, 0.2) is 0 Å². The summed E-state index contributed by atoms with van der Waals surface area (Å²) in [4.78, 5) is 11.3. The van der Waals surface area contributed by atoms with Gasteiger partial charge >= 0.3 is 0 Å². The van der Waals surface area contributed by atoms with Crippen LogP contribution >= 0.6 is 0 Å². The fraction of sp³-hybridized carbons (Fsp3) is 0.900. The maximum Gasteiger partial charge on any atom is 0.232 e. The van der Waals surface area contributed by atoms with Gasteiger partial charge in [0.05, 0.1) is 0 Å². The standard InChI is InChI=1S/C10H22N2O2S/c1-4-5-6-12-9(13)7-15(14)8-10(2,3)11/h4-8,11H2,1-3H3,(H,12,13). The summed E-state index contributed by atoms with van der Waals surface area (Å²) in [6.07, 6.45) is 2.00. The van der Waals surface area contributed by atoms with Crippen LogP contribution in [0.2, 0.25) is 0 Å². The van der Waals surface area contributed by atoms with Gasteiger partial charge in [0.25, 0.3) is 0 Å². The van der Waals surface area contributed by atoms with E-state index in [4.69, 9.17) is 5.73 Å². The number of hydrogen-bond acceptors (Lipinski definition) is 3. The zero-order chi connectivity index (χ0) is 11.9. The zero-order valence-electron chi connectivity index (χ0n) is 9.84. The number of amides is 1. The van der Waals surface area contributed by atoms with E-state index < -0.39 is 16.3 Å². The van der Waals surface area contributed by atoms with Crippen LogP contribution in [-0.2, 0) is 15.6 Å². The third-order valence-electron chi connectivity index (χ3n) is 1.68. The van der Waals surface area contributed by atoms with Crippen molar-refractivity contribution < 1.29 is 9.00 Å². The van der Waals surface area contributed by atoms with Crippen LogP contribution in [0.15, 0.2) is 0 Å². The lowest BCUT2D eigenvalue weighted by atomic mass is 10.1. The van der Waals surface area contributed by atoms with Crippen molar-refractivity contribution in [2.45, 2.75) is 39.2 Å². The minimum atomic E-state index is -1.16. The average Bonchev–Trinajstić information content (AvgIpc) is 2.00. The number of rotatable bonds is 7. The molecule has 0 aromatic rings. The summed E-state index contributed by atoms with van der Waals surface area (Å²) < 4.78 is 11.5. The minimum absolute atomic E-state index is 0.0599. The molecule has 15 heavy (non-hydrogen) atoms. The van der Waals surface area contributed by atoms with E-state index in [0.29, 0.717) is 12.3 Å². The zero-order valence-corrected chi connectivity index (χ0v) is 10.7. The van der Waals surface area contributed by atoms with Gasteiger partial charge in [-0.1, -0.05) is 13.3 Å². The summed E-state index contributed by atoms with van der Waals surface area (Å²) in [5, 5.41) is 2.73. The predicted molar refractivity (Wildman–Crippen MR) is 64.1 cm³/mol. The highest BCUT2D eigenvalue weighted by molar-refractivity contribution is 7.85. The molecule has 5 heteroatoms. The van der Waals surface area contributed by atoms with Gasteiger partial charge in [-0.05, 0) is 20.3 Å². The Balaban J connectivity index is 3.72. The molecule has 0 rings (SSSR count). The van der Waals surface area contributed by atoms with E-state index in [1.807, 2.05) is 0 Å². The molecule has 1 unspecified atom stereocenters. The number of carbonyl (C=O) groups is 1. The van der Waals surface area contributed by atoms with Crippen molar-refractivity contribution in [3.05, 3.63) is 0 Å². The Bertz CT molecular complexity index is 224. The molecule has 90 valence electrons. The van der Waals surface area contributed by atoms with Gasteiger partial charge in [0.1, 0.15) is 5.75 Å².